The molecule has 0 aliphatic carbocycles. The van der Waals surface area contributed by atoms with Crippen LogP contribution < -0.4 is 10.1 Å². The van der Waals surface area contributed by atoms with E-state index in [2.05, 4.69) is 5.32 Å². The van der Waals surface area contributed by atoms with Gasteiger partial charge in [0.05, 0.1) is 7.11 Å². The molecule has 34 heavy (non-hydrogen) atoms. The first-order valence-corrected chi connectivity index (χ1v) is 11.8. The van der Waals surface area contributed by atoms with Gasteiger partial charge in [0.2, 0.25) is 11.7 Å². The Morgan fingerprint density at radius 3 is 2.15 bits per heavy atom. The first kappa shape index (κ1) is 25.1. The number of hydrogen-bond donors (Lipinski definition) is 1. The van der Waals surface area contributed by atoms with Crippen molar-refractivity contribution < 1.29 is 23.9 Å². The number of ketones is 1. The Morgan fingerprint density at radius 1 is 0.853 bits per heavy atom. The second-order valence-electron chi connectivity index (χ2n) is 7.57. The number of amides is 1. The molecule has 0 saturated heterocycles. The number of benzene rings is 3. The lowest BCUT2D eigenvalue weighted by Gasteiger charge is -2.12. The number of nitrogens with one attached hydrogen (secondary N) is 1. The van der Waals surface area contributed by atoms with Crippen molar-refractivity contribution in [3.05, 3.63) is 84.4 Å². The van der Waals surface area contributed by atoms with Crippen molar-refractivity contribution in [3.63, 3.8) is 0 Å². The molecule has 3 rings (SSSR count). The van der Waals surface area contributed by atoms with Crippen LogP contribution in [0, 0.1) is 0 Å². The summed E-state index contributed by atoms with van der Waals surface area (Å²) in [6, 6.07) is 24.3. The third kappa shape index (κ3) is 7.78. The quantitative estimate of drug-likeness (QED) is 0.279. The molecule has 1 amide bonds. The summed E-state index contributed by atoms with van der Waals surface area (Å²) in [5.74, 6) is -0.341. The van der Waals surface area contributed by atoms with Crippen molar-refractivity contribution in [1.82, 2.24) is 0 Å². The average Bonchev–Trinajstić information content (AvgIpc) is 2.85. The zero-order chi connectivity index (χ0) is 24.3. The molecule has 0 heterocycles. The van der Waals surface area contributed by atoms with E-state index in [1.807, 2.05) is 54.6 Å². The van der Waals surface area contributed by atoms with Gasteiger partial charge in [-0.1, -0.05) is 30.0 Å². The molecule has 176 valence electrons. The van der Waals surface area contributed by atoms with Gasteiger partial charge < -0.3 is 14.8 Å². The number of esters is 1. The Hall–Kier alpha value is -3.58. The Bertz CT molecular complexity index is 1100. The van der Waals surface area contributed by atoms with Gasteiger partial charge in [0.1, 0.15) is 5.75 Å². The first-order valence-electron chi connectivity index (χ1n) is 10.9. The van der Waals surface area contributed by atoms with Crippen molar-refractivity contribution in [2.24, 2.45) is 0 Å². The van der Waals surface area contributed by atoms with Crippen LogP contribution in [0.3, 0.4) is 0 Å². The van der Waals surface area contributed by atoms with Crippen LogP contribution in [-0.4, -0.2) is 30.9 Å². The summed E-state index contributed by atoms with van der Waals surface area (Å²) in [5.41, 5.74) is 1.14. The van der Waals surface area contributed by atoms with Crippen LogP contribution in [0.2, 0.25) is 0 Å². The highest BCUT2D eigenvalue weighted by Gasteiger charge is 2.19. The summed E-state index contributed by atoms with van der Waals surface area (Å²) < 4.78 is 10.3. The molecule has 0 aliphatic heterocycles. The molecule has 0 spiro atoms. The Labute approximate surface area is 203 Å². The lowest BCUT2D eigenvalue weighted by Crippen LogP contribution is -2.24. The third-order valence-corrected chi connectivity index (χ3v) is 5.97. The van der Waals surface area contributed by atoms with Crippen molar-refractivity contribution in [1.29, 1.82) is 0 Å². The molecule has 6 nitrogen and oxygen atoms in total. The normalized spacial score (nSPS) is 11.4. The van der Waals surface area contributed by atoms with Gasteiger partial charge >= 0.3 is 5.97 Å². The van der Waals surface area contributed by atoms with E-state index in [-0.39, 0.29) is 24.5 Å². The van der Waals surface area contributed by atoms with Crippen LogP contribution >= 0.6 is 11.8 Å². The largest absolute Gasteiger partial charge is 0.497 e. The number of rotatable bonds is 11. The summed E-state index contributed by atoms with van der Waals surface area (Å²) in [6.07, 6.45) is -0.339. The Morgan fingerprint density at radius 2 is 1.50 bits per heavy atom. The molecule has 0 aliphatic rings. The zero-order valence-electron chi connectivity index (χ0n) is 19.2. The van der Waals surface area contributed by atoms with Crippen LogP contribution in [-0.2, 0) is 14.3 Å². The first-order chi connectivity index (χ1) is 16.4. The van der Waals surface area contributed by atoms with Gasteiger partial charge in [-0.25, -0.2) is 0 Å². The summed E-state index contributed by atoms with van der Waals surface area (Å²) in [6.45, 7) is 1.54. The maximum atomic E-state index is 12.4. The SMILES string of the molecule is COc1ccc(C(=O)C(C)OC(=O)CCCC(=O)Nc2ccc(Sc3ccccc3)cc2)cc1. The molecule has 0 bridgehead atoms. The van der Waals surface area contributed by atoms with Crippen LogP contribution in [0.25, 0.3) is 0 Å². The second-order valence-corrected chi connectivity index (χ2v) is 8.71. The molecule has 1 unspecified atom stereocenters. The van der Waals surface area contributed by atoms with Crippen LogP contribution in [0.5, 0.6) is 5.75 Å². The van der Waals surface area contributed by atoms with Crippen molar-refractivity contribution >= 4 is 35.1 Å². The zero-order valence-corrected chi connectivity index (χ0v) is 20.0. The van der Waals surface area contributed by atoms with Crippen molar-refractivity contribution in [2.75, 3.05) is 12.4 Å². The fraction of sp³-hybridized carbons (Fsp3) is 0.222. The predicted molar refractivity (Wildman–Crippen MR) is 132 cm³/mol. The number of carbonyl (C=O) groups is 3. The third-order valence-electron chi connectivity index (χ3n) is 4.95. The Kier molecular flexibility index (Phi) is 9.29. The van der Waals surface area contributed by atoms with E-state index in [4.69, 9.17) is 9.47 Å². The molecule has 3 aromatic rings. The standard InChI is InChI=1S/C27H27NO5S/c1-19(27(31)20-11-15-22(32-2)16-12-20)33-26(30)10-6-9-25(29)28-21-13-17-24(18-14-21)34-23-7-4-3-5-8-23/h3-5,7-8,11-19H,6,9-10H2,1-2H3,(H,28,29). The van der Waals surface area contributed by atoms with Crippen LogP contribution in [0.1, 0.15) is 36.5 Å². The smallest absolute Gasteiger partial charge is 0.306 e. The van der Waals surface area contributed by atoms with E-state index in [0.717, 1.165) is 9.79 Å². The minimum absolute atomic E-state index is 0.0559. The van der Waals surface area contributed by atoms with E-state index in [0.29, 0.717) is 23.4 Å². The fourth-order valence-electron chi connectivity index (χ4n) is 3.15. The van der Waals surface area contributed by atoms with Crippen LogP contribution in [0.15, 0.2) is 88.7 Å². The molecular formula is C27H27NO5S. The van der Waals surface area contributed by atoms with Gasteiger partial charge in [0.25, 0.3) is 0 Å². The van der Waals surface area contributed by atoms with Crippen molar-refractivity contribution in [3.8, 4) is 5.75 Å². The van der Waals surface area contributed by atoms with Crippen molar-refractivity contribution in [2.45, 2.75) is 42.1 Å². The molecule has 0 fully saturated rings. The van der Waals surface area contributed by atoms with E-state index in [1.165, 1.54) is 6.92 Å². The Balaban J connectivity index is 1.37. The summed E-state index contributed by atoms with van der Waals surface area (Å²) in [5, 5.41) is 2.83. The summed E-state index contributed by atoms with van der Waals surface area (Å²) >= 11 is 1.65. The number of hydrogen-bond acceptors (Lipinski definition) is 6. The maximum absolute atomic E-state index is 12.4. The van der Waals surface area contributed by atoms with E-state index >= 15 is 0 Å². The van der Waals surface area contributed by atoms with Gasteiger partial charge in [-0.2, -0.15) is 0 Å². The molecule has 0 radical (unpaired) electrons. The average molecular weight is 478 g/mol. The minimum Gasteiger partial charge on any atom is -0.497 e. The monoisotopic (exact) mass is 477 g/mol. The fourth-order valence-corrected chi connectivity index (χ4v) is 3.98. The molecule has 1 atom stereocenters. The maximum Gasteiger partial charge on any atom is 0.306 e. The summed E-state index contributed by atoms with van der Waals surface area (Å²) in [4.78, 5) is 38.9. The molecule has 1 N–H and O–H groups in total. The number of carbonyl (C=O) groups excluding carboxylic acids is 3. The molecule has 3 aromatic carbocycles. The molecule has 0 aromatic heterocycles. The van der Waals surface area contributed by atoms with E-state index < -0.39 is 12.1 Å². The van der Waals surface area contributed by atoms with E-state index in [9.17, 15) is 14.4 Å². The number of Topliss-reactive ketones (excluding diaryl/α,β-unsaturated/α-hetero) is 1. The van der Waals surface area contributed by atoms with Gasteiger partial charge in [-0.05, 0) is 74.0 Å². The lowest BCUT2D eigenvalue weighted by molar-refractivity contribution is -0.146. The second kappa shape index (κ2) is 12.6. The van der Waals surface area contributed by atoms with Gasteiger partial charge in [0, 0.05) is 33.9 Å². The van der Waals surface area contributed by atoms with Gasteiger partial charge in [0.15, 0.2) is 6.10 Å². The molecule has 7 heteroatoms. The predicted octanol–water partition coefficient (Wildman–Crippen LogP) is 5.77. The number of ether oxygens (including phenoxy) is 2. The topological polar surface area (TPSA) is 81.7 Å². The number of anilines is 1. The lowest BCUT2D eigenvalue weighted by atomic mass is 10.1. The number of methoxy groups -OCH3 is 1. The van der Waals surface area contributed by atoms with E-state index in [1.54, 1.807) is 43.1 Å². The highest BCUT2D eigenvalue weighted by atomic mass is 32.2. The highest BCUT2D eigenvalue weighted by molar-refractivity contribution is 7.99. The molecular weight excluding hydrogens is 450 g/mol. The molecule has 0 saturated carbocycles. The van der Waals surface area contributed by atoms with Crippen LogP contribution in [0.4, 0.5) is 5.69 Å². The van der Waals surface area contributed by atoms with Gasteiger partial charge in [-0.15, -0.1) is 0 Å². The van der Waals surface area contributed by atoms with Gasteiger partial charge in [-0.3, -0.25) is 14.4 Å². The minimum atomic E-state index is -0.901. The highest BCUT2D eigenvalue weighted by Crippen LogP contribution is 2.28. The summed E-state index contributed by atoms with van der Waals surface area (Å²) in [7, 11) is 1.55.